The molecule has 1 amide bonds. The first kappa shape index (κ1) is 18.3. The quantitative estimate of drug-likeness (QED) is 0.662. The van der Waals surface area contributed by atoms with Gasteiger partial charge in [-0.1, -0.05) is 29.8 Å². The number of carbonyl (C=O) groups is 1. The summed E-state index contributed by atoms with van der Waals surface area (Å²) in [6.45, 7) is 2.86. The van der Waals surface area contributed by atoms with E-state index in [1.807, 2.05) is 35.2 Å². The Morgan fingerprint density at radius 2 is 1.79 bits per heavy atom. The van der Waals surface area contributed by atoms with Crippen molar-refractivity contribution in [1.29, 1.82) is 0 Å². The van der Waals surface area contributed by atoms with Crippen LogP contribution in [0.2, 0.25) is 5.02 Å². The molecule has 3 heterocycles. The van der Waals surface area contributed by atoms with Crippen LogP contribution in [0.1, 0.15) is 10.5 Å². The molecule has 0 bridgehead atoms. The summed E-state index contributed by atoms with van der Waals surface area (Å²) in [5, 5.41) is 4.74. The highest BCUT2D eigenvalue weighted by Crippen LogP contribution is 2.23. The molecule has 1 fully saturated rings. The number of carbonyl (C=O) groups excluding carboxylic acids is 1. The Balaban J connectivity index is 1.38. The summed E-state index contributed by atoms with van der Waals surface area (Å²) < 4.78 is 7.27. The van der Waals surface area contributed by atoms with E-state index >= 15 is 0 Å². The zero-order valence-corrected chi connectivity index (χ0v) is 16.0. The molecule has 0 spiro atoms. The first-order chi connectivity index (χ1) is 13.7. The van der Waals surface area contributed by atoms with Gasteiger partial charge in [-0.3, -0.25) is 4.79 Å². The van der Waals surface area contributed by atoms with Crippen LogP contribution in [0.15, 0.2) is 60.9 Å². The normalized spacial score (nSPS) is 14.2. The summed E-state index contributed by atoms with van der Waals surface area (Å²) in [5.41, 5.74) is 0.498. The number of para-hydroxylation sites is 1. The van der Waals surface area contributed by atoms with E-state index in [0.29, 0.717) is 29.6 Å². The molecule has 3 aromatic rings. The standard InChI is InChI=1S/C20H20ClN5O2/c21-16-5-1-2-6-18(16)28-15-26-17(8-10-23-26)20(27)25-13-11-24(12-14-25)19-7-3-4-9-22-19/h1-10H,11-15H2. The minimum Gasteiger partial charge on any atom is -0.470 e. The molecule has 1 aliphatic heterocycles. The molecule has 0 atom stereocenters. The number of hydrogen-bond acceptors (Lipinski definition) is 5. The Labute approximate surface area is 168 Å². The first-order valence-corrected chi connectivity index (χ1v) is 9.44. The molecule has 2 aromatic heterocycles. The fraction of sp³-hybridized carbons (Fsp3) is 0.250. The summed E-state index contributed by atoms with van der Waals surface area (Å²) in [7, 11) is 0. The van der Waals surface area contributed by atoms with Crippen molar-refractivity contribution in [3.63, 3.8) is 0 Å². The number of nitrogens with zero attached hydrogens (tertiary/aromatic N) is 5. The van der Waals surface area contributed by atoms with E-state index in [1.165, 1.54) is 0 Å². The number of halogens is 1. The molecule has 1 aromatic carbocycles. The van der Waals surface area contributed by atoms with Crippen molar-refractivity contribution in [3.8, 4) is 5.75 Å². The molecule has 28 heavy (non-hydrogen) atoms. The number of hydrogen-bond donors (Lipinski definition) is 0. The van der Waals surface area contributed by atoms with Crippen LogP contribution in [-0.2, 0) is 6.73 Å². The predicted octanol–water partition coefficient (Wildman–Crippen LogP) is 2.93. The Kier molecular flexibility index (Phi) is 5.43. The second-order valence-corrected chi connectivity index (χ2v) is 6.79. The highest BCUT2D eigenvalue weighted by molar-refractivity contribution is 6.32. The van der Waals surface area contributed by atoms with E-state index < -0.39 is 0 Å². The number of piperazine rings is 1. The van der Waals surface area contributed by atoms with Gasteiger partial charge in [-0.05, 0) is 30.3 Å². The van der Waals surface area contributed by atoms with Crippen LogP contribution < -0.4 is 9.64 Å². The van der Waals surface area contributed by atoms with Crippen LogP contribution in [0.25, 0.3) is 0 Å². The molecular weight excluding hydrogens is 378 g/mol. The Bertz CT molecular complexity index is 939. The molecule has 1 aliphatic rings. The van der Waals surface area contributed by atoms with E-state index in [9.17, 15) is 4.79 Å². The molecule has 4 rings (SSSR count). The third kappa shape index (κ3) is 3.94. The molecular formula is C20H20ClN5O2. The highest BCUT2D eigenvalue weighted by Gasteiger charge is 2.25. The van der Waals surface area contributed by atoms with Crippen molar-refractivity contribution in [1.82, 2.24) is 19.7 Å². The number of benzene rings is 1. The van der Waals surface area contributed by atoms with Crippen molar-refractivity contribution in [2.45, 2.75) is 6.73 Å². The van der Waals surface area contributed by atoms with Gasteiger partial charge in [0.25, 0.3) is 5.91 Å². The lowest BCUT2D eigenvalue weighted by Crippen LogP contribution is -2.49. The highest BCUT2D eigenvalue weighted by atomic mass is 35.5. The van der Waals surface area contributed by atoms with Crippen molar-refractivity contribution in [3.05, 3.63) is 71.6 Å². The van der Waals surface area contributed by atoms with Gasteiger partial charge in [-0.15, -0.1) is 0 Å². The Morgan fingerprint density at radius 1 is 1.00 bits per heavy atom. The van der Waals surface area contributed by atoms with Crippen molar-refractivity contribution >= 4 is 23.3 Å². The number of amides is 1. The van der Waals surface area contributed by atoms with E-state index in [2.05, 4.69) is 15.0 Å². The molecule has 1 saturated heterocycles. The number of rotatable bonds is 5. The van der Waals surface area contributed by atoms with Gasteiger partial charge >= 0.3 is 0 Å². The largest absolute Gasteiger partial charge is 0.470 e. The summed E-state index contributed by atoms with van der Waals surface area (Å²) in [6.07, 6.45) is 3.39. The Hall–Kier alpha value is -3.06. The second kappa shape index (κ2) is 8.31. The number of aromatic nitrogens is 3. The Morgan fingerprint density at radius 3 is 2.54 bits per heavy atom. The van der Waals surface area contributed by atoms with E-state index in [1.54, 1.807) is 35.3 Å². The predicted molar refractivity (Wildman–Crippen MR) is 107 cm³/mol. The van der Waals surface area contributed by atoms with Gasteiger partial charge in [0.2, 0.25) is 0 Å². The fourth-order valence-corrected chi connectivity index (χ4v) is 3.34. The van der Waals surface area contributed by atoms with E-state index in [4.69, 9.17) is 16.3 Å². The fourth-order valence-electron chi connectivity index (χ4n) is 3.15. The van der Waals surface area contributed by atoms with Gasteiger partial charge in [0.15, 0.2) is 6.73 Å². The SMILES string of the molecule is O=C(c1ccnn1COc1ccccc1Cl)N1CCN(c2ccccn2)CC1. The van der Waals surface area contributed by atoms with Crippen LogP contribution in [0.4, 0.5) is 5.82 Å². The number of pyridine rings is 1. The molecule has 0 radical (unpaired) electrons. The molecule has 0 aliphatic carbocycles. The van der Waals surface area contributed by atoms with Crippen LogP contribution in [0.3, 0.4) is 0 Å². The maximum Gasteiger partial charge on any atom is 0.272 e. The number of anilines is 1. The zero-order chi connectivity index (χ0) is 19.3. The topological polar surface area (TPSA) is 63.5 Å². The molecule has 7 nitrogen and oxygen atoms in total. The minimum absolute atomic E-state index is 0.0547. The van der Waals surface area contributed by atoms with Gasteiger partial charge in [0.05, 0.1) is 5.02 Å². The van der Waals surface area contributed by atoms with E-state index in [0.717, 1.165) is 18.9 Å². The molecule has 0 saturated carbocycles. The maximum absolute atomic E-state index is 13.0. The first-order valence-electron chi connectivity index (χ1n) is 9.07. The van der Waals surface area contributed by atoms with Crippen LogP contribution >= 0.6 is 11.6 Å². The lowest BCUT2D eigenvalue weighted by Gasteiger charge is -2.35. The lowest BCUT2D eigenvalue weighted by atomic mass is 10.2. The third-order valence-corrected chi connectivity index (χ3v) is 4.97. The molecule has 0 N–H and O–H groups in total. The van der Waals surface area contributed by atoms with Crippen LogP contribution in [0, 0.1) is 0 Å². The average molecular weight is 398 g/mol. The minimum atomic E-state index is -0.0547. The van der Waals surface area contributed by atoms with Crippen molar-refractivity contribution in [2.24, 2.45) is 0 Å². The van der Waals surface area contributed by atoms with Gasteiger partial charge in [0, 0.05) is 38.6 Å². The van der Waals surface area contributed by atoms with Crippen LogP contribution in [-0.4, -0.2) is 51.8 Å². The zero-order valence-electron chi connectivity index (χ0n) is 15.2. The second-order valence-electron chi connectivity index (χ2n) is 6.39. The van der Waals surface area contributed by atoms with Gasteiger partial charge in [-0.25, -0.2) is 9.67 Å². The monoisotopic (exact) mass is 397 g/mol. The van der Waals surface area contributed by atoms with Crippen molar-refractivity contribution in [2.75, 3.05) is 31.1 Å². The third-order valence-electron chi connectivity index (χ3n) is 4.65. The summed E-state index contributed by atoms with van der Waals surface area (Å²) in [6, 6.07) is 14.8. The maximum atomic E-state index is 13.0. The van der Waals surface area contributed by atoms with E-state index in [-0.39, 0.29) is 12.6 Å². The molecule has 0 unspecified atom stereocenters. The number of ether oxygens (including phenoxy) is 1. The van der Waals surface area contributed by atoms with Gasteiger partial charge in [0.1, 0.15) is 17.3 Å². The summed E-state index contributed by atoms with van der Waals surface area (Å²) in [5.74, 6) is 1.44. The lowest BCUT2D eigenvalue weighted by molar-refractivity contribution is 0.0723. The van der Waals surface area contributed by atoms with Gasteiger partial charge < -0.3 is 14.5 Å². The summed E-state index contributed by atoms with van der Waals surface area (Å²) >= 11 is 6.11. The van der Waals surface area contributed by atoms with Crippen LogP contribution in [0.5, 0.6) is 5.75 Å². The smallest absolute Gasteiger partial charge is 0.272 e. The summed E-state index contributed by atoms with van der Waals surface area (Å²) in [4.78, 5) is 21.3. The average Bonchev–Trinajstić information content (AvgIpc) is 3.22. The van der Waals surface area contributed by atoms with Gasteiger partial charge in [-0.2, -0.15) is 5.10 Å². The molecule has 8 heteroatoms. The van der Waals surface area contributed by atoms with Crippen molar-refractivity contribution < 1.29 is 9.53 Å². The molecule has 144 valence electrons.